The van der Waals surface area contributed by atoms with Gasteiger partial charge in [0.15, 0.2) is 0 Å². The molecule has 1 fully saturated rings. The number of carbonyl (C=O) groups excluding carboxylic acids is 1. The Balaban J connectivity index is 2.04. The molecule has 120 valence electrons. The van der Waals surface area contributed by atoms with Crippen LogP contribution in [-0.2, 0) is 4.79 Å². The van der Waals surface area contributed by atoms with Crippen LogP contribution < -0.4 is 10.2 Å². The molecule has 1 aliphatic rings. The van der Waals surface area contributed by atoms with Gasteiger partial charge in [-0.05, 0) is 18.9 Å². The van der Waals surface area contributed by atoms with Crippen molar-refractivity contribution in [1.29, 1.82) is 0 Å². The van der Waals surface area contributed by atoms with Crippen LogP contribution in [0.2, 0.25) is 0 Å². The lowest BCUT2D eigenvalue weighted by molar-refractivity contribution is -0.384. The lowest BCUT2D eigenvalue weighted by Crippen LogP contribution is -2.51. The van der Waals surface area contributed by atoms with Gasteiger partial charge in [-0.3, -0.25) is 14.9 Å². The van der Waals surface area contributed by atoms with Crippen molar-refractivity contribution < 1.29 is 14.8 Å². The Labute approximate surface area is 129 Å². The number of aliphatic hydroxyl groups is 1. The van der Waals surface area contributed by atoms with Crippen molar-refractivity contribution in [3.63, 3.8) is 0 Å². The third kappa shape index (κ3) is 3.54. The van der Waals surface area contributed by atoms with E-state index < -0.39 is 10.5 Å². The Morgan fingerprint density at radius 3 is 2.64 bits per heavy atom. The number of hydrogen-bond donors (Lipinski definition) is 2. The van der Waals surface area contributed by atoms with Crippen LogP contribution in [0.5, 0.6) is 0 Å². The summed E-state index contributed by atoms with van der Waals surface area (Å²) in [5, 5.41) is 23.4. The van der Waals surface area contributed by atoms with Crippen LogP contribution in [0.4, 0.5) is 11.4 Å². The number of benzene rings is 1. The molecule has 22 heavy (non-hydrogen) atoms. The monoisotopic (exact) mass is 307 g/mol. The van der Waals surface area contributed by atoms with Gasteiger partial charge in [-0.2, -0.15) is 0 Å². The number of anilines is 1. The van der Waals surface area contributed by atoms with Gasteiger partial charge in [0.25, 0.3) is 5.69 Å². The topological polar surface area (TPSA) is 95.7 Å². The molecule has 0 bridgehead atoms. The average Bonchev–Trinajstić information content (AvgIpc) is 2.96. The molecule has 0 atom stereocenters. The Hall–Kier alpha value is -2.15. The highest BCUT2D eigenvalue weighted by atomic mass is 16.6. The number of nitro benzene ring substituents is 1. The van der Waals surface area contributed by atoms with Crippen molar-refractivity contribution in [2.45, 2.75) is 31.2 Å². The molecule has 2 rings (SSSR count). The van der Waals surface area contributed by atoms with E-state index in [0.717, 1.165) is 25.7 Å². The maximum Gasteiger partial charge on any atom is 0.292 e. The number of amides is 1. The Morgan fingerprint density at radius 1 is 1.41 bits per heavy atom. The van der Waals surface area contributed by atoms with Gasteiger partial charge >= 0.3 is 0 Å². The van der Waals surface area contributed by atoms with Crippen LogP contribution in [0.25, 0.3) is 0 Å². The van der Waals surface area contributed by atoms with E-state index in [0.29, 0.717) is 5.69 Å². The first-order valence-electron chi connectivity index (χ1n) is 7.34. The second-order valence-corrected chi connectivity index (χ2v) is 5.80. The average molecular weight is 307 g/mol. The lowest BCUT2D eigenvalue weighted by atomic mass is 9.99. The number of aliphatic hydroxyl groups excluding tert-OH is 1. The van der Waals surface area contributed by atoms with Crippen molar-refractivity contribution in [2.75, 3.05) is 25.1 Å². The van der Waals surface area contributed by atoms with Gasteiger partial charge in [-0.15, -0.1) is 0 Å². The van der Waals surface area contributed by atoms with E-state index in [1.54, 1.807) is 30.1 Å². The molecule has 0 aliphatic heterocycles. The molecule has 1 saturated carbocycles. The number of nitrogens with one attached hydrogen (secondary N) is 1. The summed E-state index contributed by atoms with van der Waals surface area (Å²) in [6.45, 7) is -0.0689. The van der Waals surface area contributed by atoms with Crippen molar-refractivity contribution in [3.05, 3.63) is 34.4 Å². The molecule has 0 spiro atoms. The van der Waals surface area contributed by atoms with Gasteiger partial charge in [-0.25, -0.2) is 0 Å². The smallest absolute Gasteiger partial charge is 0.292 e. The molecule has 1 aromatic rings. The third-order valence-corrected chi connectivity index (χ3v) is 4.14. The molecule has 0 saturated heterocycles. The van der Waals surface area contributed by atoms with Crippen LogP contribution in [0.15, 0.2) is 24.3 Å². The predicted molar refractivity (Wildman–Crippen MR) is 82.8 cm³/mol. The zero-order valence-corrected chi connectivity index (χ0v) is 12.6. The fraction of sp³-hybridized carbons (Fsp3) is 0.533. The fourth-order valence-electron chi connectivity index (χ4n) is 2.95. The Morgan fingerprint density at radius 2 is 2.05 bits per heavy atom. The highest BCUT2D eigenvalue weighted by Gasteiger charge is 2.34. The zero-order chi connectivity index (χ0) is 16.2. The summed E-state index contributed by atoms with van der Waals surface area (Å²) in [6, 6.07) is 6.32. The number of hydrogen-bond acceptors (Lipinski definition) is 5. The molecule has 2 N–H and O–H groups in total. The van der Waals surface area contributed by atoms with E-state index in [1.165, 1.54) is 6.07 Å². The minimum absolute atomic E-state index is 0.00655. The zero-order valence-electron chi connectivity index (χ0n) is 12.6. The highest BCUT2D eigenvalue weighted by molar-refractivity contribution is 5.83. The first kappa shape index (κ1) is 16.2. The van der Waals surface area contributed by atoms with Gasteiger partial charge in [0.2, 0.25) is 5.91 Å². The van der Waals surface area contributed by atoms with E-state index in [9.17, 15) is 20.0 Å². The number of nitrogens with zero attached hydrogens (tertiary/aromatic N) is 2. The number of rotatable bonds is 6. The molecule has 0 unspecified atom stereocenters. The summed E-state index contributed by atoms with van der Waals surface area (Å²) >= 11 is 0. The largest absolute Gasteiger partial charge is 0.394 e. The Bertz CT molecular complexity index is 555. The van der Waals surface area contributed by atoms with E-state index in [2.05, 4.69) is 5.32 Å². The third-order valence-electron chi connectivity index (χ3n) is 4.14. The van der Waals surface area contributed by atoms with Crippen LogP contribution in [0.1, 0.15) is 25.7 Å². The Kier molecular flexibility index (Phi) is 4.97. The van der Waals surface area contributed by atoms with Crippen LogP contribution in [0.3, 0.4) is 0 Å². The first-order chi connectivity index (χ1) is 10.5. The van der Waals surface area contributed by atoms with E-state index >= 15 is 0 Å². The van der Waals surface area contributed by atoms with E-state index in [4.69, 9.17) is 0 Å². The summed E-state index contributed by atoms with van der Waals surface area (Å²) in [6.07, 6.45) is 3.51. The number of nitro groups is 1. The summed E-state index contributed by atoms with van der Waals surface area (Å²) in [5.74, 6) is -0.239. The van der Waals surface area contributed by atoms with Crippen molar-refractivity contribution in [1.82, 2.24) is 5.32 Å². The molecule has 7 heteroatoms. The summed E-state index contributed by atoms with van der Waals surface area (Å²) in [7, 11) is 1.64. The van der Waals surface area contributed by atoms with E-state index in [1.807, 2.05) is 0 Å². The predicted octanol–water partition coefficient (Wildman–Crippen LogP) is 1.45. The molecule has 1 aromatic carbocycles. The van der Waals surface area contributed by atoms with Crippen molar-refractivity contribution in [3.8, 4) is 0 Å². The second kappa shape index (κ2) is 6.74. The fourth-order valence-corrected chi connectivity index (χ4v) is 2.95. The molecule has 1 aliphatic carbocycles. The summed E-state index contributed by atoms with van der Waals surface area (Å²) in [5.41, 5.74) is -0.164. The summed E-state index contributed by atoms with van der Waals surface area (Å²) in [4.78, 5) is 24.3. The van der Waals surface area contributed by atoms with Gasteiger partial charge < -0.3 is 15.3 Å². The van der Waals surface area contributed by atoms with Gasteiger partial charge in [0.1, 0.15) is 5.69 Å². The molecular weight excluding hydrogens is 286 g/mol. The number of likely N-dealkylation sites (N-methyl/N-ethyl adjacent to an activating group) is 1. The quantitative estimate of drug-likeness (QED) is 0.612. The van der Waals surface area contributed by atoms with Crippen LogP contribution in [0, 0.1) is 10.1 Å². The number of para-hydroxylation sites is 2. The SMILES string of the molecule is CN(CC(=O)NC1(CO)CCCC1)c1ccccc1[N+](=O)[O-]. The number of carbonyl (C=O) groups is 1. The minimum atomic E-state index is -0.527. The van der Waals surface area contributed by atoms with Crippen molar-refractivity contribution >= 4 is 17.3 Å². The minimum Gasteiger partial charge on any atom is -0.394 e. The molecule has 0 radical (unpaired) electrons. The van der Waals surface area contributed by atoms with E-state index in [-0.39, 0.29) is 24.7 Å². The molecule has 1 amide bonds. The van der Waals surface area contributed by atoms with Gasteiger partial charge in [-0.1, -0.05) is 25.0 Å². The maximum atomic E-state index is 12.2. The van der Waals surface area contributed by atoms with Crippen LogP contribution >= 0.6 is 0 Å². The molecular formula is C15H21N3O4. The summed E-state index contributed by atoms with van der Waals surface area (Å²) < 4.78 is 0. The molecule has 7 nitrogen and oxygen atoms in total. The van der Waals surface area contributed by atoms with Gasteiger partial charge in [0.05, 0.1) is 23.6 Å². The molecule has 0 aromatic heterocycles. The highest BCUT2D eigenvalue weighted by Crippen LogP contribution is 2.29. The van der Waals surface area contributed by atoms with Crippen molar-refractivity contribution in [2.24, 2.45) is 0 Å². The standard InChI is InChI=1S/C15H21N3O4/c1-17(12-6-2-3-7-13(12)18(21)22)10-14(20)16-15(11-19)8-4-5-9-15/h2-3,6-7,19H,4-5,8-11H2,1H3,(H,16,20). The maximum absolute atomic E-state index is 12.2. The normalized spacial score (nSPS) is 16.3. The lowest BCUT2D eigenvalue weighted by Gasteiger charge is -2.29. The molecule has 0 heterocycles. The second-order valence-electron chi connectivity index (χ2n) is 5.80. The van der Waals surface area contributed by atoms with Crippen LogP contribution in [-0.4, -0.2) is 41.7 Å². The van der Waals surface area contributed by atoms with Gasteiger partial charge in [0, 0.05) is 13.1 Å². The first-order valence-corrected chi connectivity index (χ1v) is 7.34.